The van der Waals surface area contributed by atoms with E-state index in [-0.39, 0.29) is 6.71 Å². The maximum Gasteiger partial charge on any atom is 0.256 e. The van der Waals surface area contributed by atoms with E-state index >= 15 is 0 Å². The Kier molecular flexibility index (Phi) is 12.0. The van der Waals surface area contributed by atoms with Crippen LogP contribution >= 0.6 is 0 Å². The summed E-state index contributed by atoms with van der Waals surface area (Å²) in [5.41, 5.74) is 22.4. The van der Waals surface area contributed by atoms with Crippen LogP contribution < -0.4 is 35.8 Å². The third-order valence-electron chi connectivity index (χ3n) is 19.2. The van der Waals surface area contributed by atoms with Crippen molar-refractivity contribution in [2.24, 2.45) is 0 Å². The Morgan fingerprint density at radius 2 is 0.710 bits per heavy atom. The highest BCUT2D eigenvalue weighted by molar-refractivity contribution is 6.99. The number of hydrogen-bond donors (Lipinski definition) is 0. The number of benzene rings is 15. The molecule has 0 saturated carbocycles. The molecule has 15 aromatic carbocycles. The second-order valence-electron chi connectivity index (χ2n) is 24.4. The fourth-order valence-corrected chi connectivity index (χ4v) is 15.3. The molecule has 0 aliphatic carbocycles. The number of ether oxygens (including phenoxy) is 1. The molecule has 0 unspecified atom stereocenters. The van der Waals surface area contributed by atoms with Crippen LogP contribution in [-0.2, 0) is 0 Å². The van der Waals surface area contributed by atoms with Crippen LogP contribution in [0, 0.1) is 0 Å². The third-order valence-corrected chi connectivity index (χ3v) is 19.2. The Morgan fingerprint density at radius 1 is 0.280 bits per heavy atom. The van der Waals surface area contributed by atoms with Gasteiger partial charge in [-0.2, -0.15) is 0 Å². The van der Waals surface area contributed by atoms with Gasteiger partial charge >= 0.3 is 0 Å². The van der Waals surface area contributed by atoms with Crippen molar-refractivity contribution in [2.75, 3.05) is 14.7 Å². The minimum Gasteiger partial charge on any atom is -0.458 e. The summed E-state index contributed by atoms with van der Waals surface area (Å²) in [6, 6.07) is 124. The molecule has 93 heavy (non-hydrogen) atoms. The SMILES string of the molecule is c1ccc(-c2ccccc2N2c3cc4c5ccc6cc(N(c7ccccc7)c7ccccc7)ccc6c5n(-c5ccccc5)c4cc3B3c4cc5c(cc4Oc4cccc2c43)c2ccc3cc(N(c4ccccc4)c4ccccc4)ccc3c2n5-c2ccccc2)cc1. The summed E-state index contributed by atoms with van der Waals surface area (Å²) >= 11 is 0. The van der Waals surface area contributed by atoms with Crippen LogP contribution in [0.15, 0.2) is 340 Å². The molecular weight excluding hydrogens is 1130 g/mol. The topological polar surface area (TPSA) is 28.8 Å². The van der Waals surface area contributed by atoms with Crippen LogP contribution in [0.2, 0.25) is 0 Å². The molecule has 0 atom stereocenters. The van der Waals surface area contributed by atoms with Crippen molar-refractivity contribution in [2.45, 2.75) is 0 Å². The summed E-state index contributed by atoms with van der Waals surface area (Å²) in [5, 5.41) is 9.31. The van der Waals surface area contributed by atoms with E-state index in [1.54, 1.807) is 0 Å². The first-order valence-corrected chi connectivity index (χ1v) is 31.9. The minimum atomic E-state index is -0.226. The maximum absolute atomic E-state index is 7.43. The van der Waals surface area contributed by atoms with Crippen LogP contribution in [0.25, 0.3) is 87.7 Å². The fraction of sp³-hybridized carbons (Fsp3) is 0. The number of aromatic nitrogens is 2. The molecule has 2 aliphatic heterocycles. The van der Waals surface area contributed by atoms with E-state index in [0.717, 1.165) is 140 Å². The fourth-order valence-electron chi connectivity index (χ4n) is 15.3. The highest BCUT2D eigenvalue weighted by atomic mass is 16.5. The van der Waals surface area contributed by atoms with Crippen LogP contribution in [0.3, 0.4) is 0 Å². The lowest BCUT2D eigenvalue weighted by Gasteiger charge is -2.40. The largest absolute Gasteiger partial charge is 0.458 e. The van der Waals surface area contributed by atoms with Gasteiger partial charge < -0.3 is 28.6 Å². The van der Waals surface area contributed by atoms with Crippen LogP contribution in [0.4, 0.5) is 51.2 Å². The smallest absolute Gasteiger partial charge is 0.256 e. The van der Waals surface area contributed by atoms with Crippen LogP contribution in [0.1, 0.15) is 0 Å². The van der Waals surface area contributed by atoms with E-state index in [0.29, 0.717) is 0 Å². The standard InChI is InChI=1S/C86H56BN5O/c1-8-25-57(26-9-1)68-39-22-23-40-77(68)92-78-41-24-42-82-84(78)87(75-55-79-73(53-81(75)92)71-47-43-58-51-66(45-49-69(58)85(71)90(79)64-35-18-6-19-36-64)88(60-27-10-2-11-28-60)61-29-12-3-13-30-61)76-56-80-74(54-83(76)93-82)72-48-44-59-52-67(46-50-70(59)86(72)91(80)65-37-20-7-21-38-65)89(62-31-14-4-15-32-62)63-33-16-5-17-34-63/h1-56H. The predicted octanol–water partition coefficient (Wildman–Crippen LogP) is 21.2. The average Bonchev–Trinajstić information content (AvgIpc) is 1.67. The molecule has 4 heterocycles. The lowest BCUT2D eigenvalue weighted by atomic mass is 9.34. The average molecular weight is 1190 g/mol. The number of para-hydroxylation sites is 7. The van der Waals surface area contributed by atoms with E-state index < -0.39 is 0 Å². The molecule has 0 saturated heterocycles. The molecule has 434 valence electrons. The number of rotatable bonds is 10. The first-order valence-electron chi connectivity index (χ1n) is 31.9. The Labute approximate surface area is 538 Å². The van der Waals surface area contributed by atoms with Gasteiger partial charge in [0.1, 0.15) is 11.5 Å². The Morgan fingerprint density at radius 3 is 1.23 bits per heavy atom. The van der Waals surface area contributed by atoms with Crippen molar-refractivity contribution in [3.8, 4) is 34.0 Å². The number of nitrogens with zero attached hydrogens (tertiary/aromatic N) is 5. The second kappa shape index (κ2) is 21.2. The Hall–Kier alpha value is -12.3. The number of hydrogen-bond acceptors (Lipinski definition) is 4. The van der Waals surface area contributed by atoms with Gasteiger partial charge in [0, 0.05) is 94.8 Å². The maximum atomic E-state index is 7.43. The summed E-state index contributed by atoms with van der Waals surface area (Å²) < 4.78 is 12.5. The van der Waals surface area contributed by atoms with Gasteiger partial charge in [-0.3, -0.25) is 0 Å². The highest BCUT2D eigenvalue weighted by Gasteiger charge is 2.43. The van der Waals surface area contributed by atoms with Gasteiger partial charge in [0.15, 0.2) is 0 Å². The lowest BCUT2D eigenvalue weighted by Crippen LogP contribution is -2.59. The van der Waals surface area contributed by atoms with Crippen LogP contribution in [-0.4, -0.2) is 15.8 Å². The summed E-state index contributed by atoms with van der Waals surface area (Å²) in [5.74, 6) is 1.71. The number of fused-ring (bicyclic) bond motifs is 14. The Bertz CT molecular complexity index is 5700. The predicted molar refractivity (Wildman–Crippen MR) is 391 cm³/mol. The zero-order valence-electron chi connectivity index (χ0n) is 50.6. The van der Waals surface area contributed by atoms with Gasteiger partial charge in [0.25, 0.3) is 6.71 Å². The van der Waals surface area contributed by atoms with Gasteiger partial charge in [0.2, 0.25) is 0 Å². The molecule has 0 radical (unpaired) electrons. The molecule has 7 heteroatoms. The molecule has 0 N–H and O–H groups in total. The molecule has 0 amide bonds. The quantitative estimate of drug-likeness (QED) is 0.128. The van der Waals surface area contributed by atoms with Crippen molar-refractivity contribution in [1.82, 2.24) is 9.13 Å². The molecule has 0 fully saturated rings. The van der Waals surface area contributed by atoms with Crippen molar-refractivity contribution in [3.63, 3.8) is 0 Å². The van der Waals surface area contributed by atoms with Gasteiger partial charge in [0.05, 0.1) is 27.8 Å². The van der Waals surface area contributed by atoms with E-state index in [9.17, 15) is 0 Å². The van der Waals surface area contributed by atoms with E-state index in [2.05, 4.69) is 364 Å². The monoisotopic (exact) mass is 1190 g/mol. The van der Waals surface area contributed by atoms with Crippen molar-refractivity contribution < 1.29 is 4.74 Å². The van der Waals surface area contributed by atoms with Crippen molar-refractivity contribution in [1.29, 1.82) is 0 Å². The molecular formula is C86H56BN5O. The van der Waals surface area contributed by atoms with Gasteiger partial charge in [-0.1, -0.05) is 200 Å². The van der Waals surface area contributed by atoms with Crippen molar-refractivity contribution in [3.05, 3.63) is 340 Å². The first kappa shape index (κ1) is 52.6. The summed E-state index contributed by atoms with van der Waals surface area (Å²) in [7, 11) is 0. The third kappa shape index (κ3) is 8.30. The van der Waals surface area contributed by atoms with Gasteiger partial charge in [-0.05, 0) is 172 Å². The highest BCUT2D eigenvalue weighted by Crippen LogP contribution is 2.49. The van der Waals surface area contributed by atoms with E-state index in [1.807, 2.05) is 0 Å². The molecule has 0 bridgehead atoms. The molecule has 17 aromatic rings. The zero-order valence-corrected chi connectivity index (χ0v) is 50.6. The molecule has 6 nitrogen and oxygen atoms in total. The van der Waals surface area contributed by atoms with Gasteiger partial charge in [-0.15, -0.1) is 0 Å². The van der Waals surface area contributed by atoms with E-state index in [4.69, 9.17) is 4.74 Å². The van der Waals surface area contributed by atoms with Crippen LogP contribution in [0.5, 0.6) is 11.5 Å². The molecule has 0 spiro atoms. The number of anilines is 9. The second-order valence-corrected chi connectivity index (χ2v) is 24.4. The summed E-state index contributed by atoms with van der Waals surface area (Å²) in [4.78, 5) is 7.22. The van der Waals surface area contributed by atoms with Gasteiger partial charge in [-0.25, -0.2) is 0 Å². The molecule has 19 rings (SSSR count). The summed E-state index contributed by atoms with van der Waals surface area (Å²) in [6.45, 7) is -0.226. The molecule has 2 aliphatic rings. The normalized spacial score (nSPS) is 12.3. The first-order chi connectivity index (χ1) is 46.2. The summed E-state index contributed by atoms with van der Waals surface area (Å²) in [6.07, 6.45) is 0. The lowest BCUT2D eigenvalue weighted by molar-refractivity contribution is 0.488. The minimum absolute atomic E-state index is 0.226. The zero-order chi connectivity index (χ0) is 61.1. The van der Waals surface area contributed by atoms with E-state index in [1.165, 1.54) is 27.0 Å². The Balaban J connectivity index is 0.871. The van der Waals surface area contributed by atoms with Crippen molar-refractivity contribution >= 4 is 139 Å². The molecule has 2 aromatic heterocycles.